The number of nitrogen functional groups attached to an aromatic ring is 1. The lowest BCUT2D eigenvalue weighted by molar-refractivity contribution is 0.585. The van der Waals surface area contributed by atoms with Crippen LogP contribution < -0.4 is 10.6 Å². The van der Waals surface area contributed by atoms with Crippen molar-refractivity contribution in [1.29, 1.82) is 5.41 Å². The molecule has 0 heterocycles. The van der Waals surface area contributed by atoms with E-state index >= 15 is 0 Å². The fourth-order valence-corrected chi connectivity index (χ4v) is 2.40. The number of hydrogen-bond acceptors (Lipinski definition) is 2. The van der Waals surface area contributed by atoms with E-state index in [0.717, 1.165) is 11.3 Å². The van der Waals surface area contributed by atoms with Crippen LogP contribution in [-0.4, -0.2) is 12.9 Å². The fraction of sp³-hybridized carbons (Fsp3) is 0.235. The van der Waals surface area contributed by atoms with Crippen LogP contribution in [0.5, 0.6) is 0 Å². The molecular weight excluding hydrogens is 265 g/mol. The van der Waals surface area contributed by atoms with E-state index in [0.29, 0.717) is 11.1 Å². The van der Waals surface area contributed by atoms with Crippen LogP contribution in [0.1, 0.15) is 29.7 Å². The molecule has 2 aromatic rings. The van der Waals surface area contributed by atoms with E-state index in [9.17, 15) is 4.39 Å². The van der Waals surface area contributed by atoms with Crippen molar-refractivity contribution >= 4 is 11.5 Å². The zero-order chi connectivity index (χ0) is 15.6. The first kappa shape index (κ1) is 15.0. The summed E-state index contributed by atoms with van der Waals surface area (Å²) in [5, 5.41) is 7.73. The highest BCUT2D eigenvalue weighted by Crippen LogP contribution is 2.29. The van der Waals surface area contributed by atoms with Crippen molar-refractivity contribution in [2.24, 2.45) is 5.73 Å². The molecule has 2 aromatic carbocycles. The Morgan fingerprint density at radius 1 is 1.24 bits per heavy atom. The molecule has 0 fully saturated rings. The highest BCUT2D eigenvalue weighted by atomic mass is 19.1. The van der Waals surface area contributed by atoms with Gasteiger partial charge in [-0.1, -0.05) is 29.8 Å². The maximum Gasteiger partial charge on any atom is 0.128 e. The first-order valence-corrected chi connectivity index (χ1v) is 6.84. The van der Waals surface area contributed by atoms with Crippen LogP contribution in [0.3, 0.4) is 0 Å². The minimum absolute atomic E-state index is 0.0151. The predicted octanol–water partition coefficient (Wildman–Crippen LogP) is 3.62. The van der Waals surface area contributed by atoms with Gasteiger partial charge in [-0.15, -0.1) is 0 Å². The summed E-state index contributed by atoms with van der Waals surface area (Å²) in [7, 11) is 1.88. The van der Waals surface area contributed by atoms with Gasteiger partial charge in [0.1, 0.15) is 11.7 Å². The maximum atomic E-state index is 13.9. The second-order valence-electron chi connectivity index (χ2n) is 5.24. The molecule has 0 aromatic heterocycles. The van der Waals surface area contributed by atoms with Gasteiger partial charge in [-0.3, -0.25) is 5.41 Å². The number of aryl methyl sites for hydroxylation is 1. The average molecular weight is 285 g/mol. The van der Waals surface area contributed by atoms with Crippen molar-refractivity contribution in [3.8, 4) is 0 Å². The van der Waals surface area contributed by atoms with Gasteiger partial charge in [0, 0.05) is 23.9 Å². The molecule has 2 rings (SSSR count). The van der Waals surface area contributed by atoms with Gasteiger partial charge in [-0.2, -0.15) is 0 Å². The monoisotopic (exact) mass is 285 g/mol. The highest BCUT2D eigenvalue weighted by Gasteiger charge is 2.18. The van der Waals surface area contributed by atoms with Gasteiger partial charge in [0.2, 0.25) is 0 Å². The van der Waals surface area contributed by atoms with Gasteiger partial charge in [-0.05, 0) is 32.0 Å². The smallest absolute Gasteiger partial charge is 0.128 e. The molecule has 0 bridgehead atoms. The Kier molecular flexibility index (Phi) is 4.26. The number of nitrogens with one attached hydrogen (secondary N) is 1. The number of rotatable bonds is 4. The summed E-state index contributed by atoms with van der Waals surface area (Å²) in [6.45, 7) is 3.89. The van der Waals surface area contributed by atoms with Crippen molar-refractivity contribution < 1.29 is 4.39 Å². The molecule has 0 saturated carbocycles. The molecule has 0 amide bonds. The van der Waals surface area contributed by atoms with Crippen molar-refractivity contribution in [2.45, 2.75) is 19.9 Å². The number of hydrogen-bond donors (Lipinski definition) is 2. The largest absolute Gasteiger partial charge is 0.384 e. The van der Waals surface area contributed by atoms with E-state index in [1.54, 1.807) is 12.1 Å². The van der Waals surface area contributed by atoms with E-state index in [2.05, 4.69) is 0 Å². The van der Waals surface area contributed by atoms with Crippen LogP contribution in [0.15, 0.2) is 42.5 Å². The number of halogens is 1. The van der Waals surface area contributed by atoms with E-state index in [4.69, 9.17) is 11.1 Å². The van der Waals surface area contributed by atoms with Crippen LogP contribution in [0.4, 0.5) is 10.1 Å². The Balaban J connectivity index is 2.43. The number of amidine groups is 1. The molecule has 110 valence electrons. The van der Waals surface area contributed by atoms with Gasteiger partial charge in [0.25, 0.3) is 0 Å². The molecular formula is C17H20FN3. The van der Waals surface area contributed by atoms with Crippen LogP contribution in [0.2, 0.25) is 0 Å². The lowest BCUT2D eigenvalue weighted by Crippen LogP contribution is -2.26. The first-order valence-electron chi connectivity index (χ1n) is 6.84. The molecule has 0 saturated heterocycles. The second-order valence-corrected chi connectivity index (χ2v) is 5.24. The molecule has 1 unspecified atom stereocenters. The van der Waals surface area contributed by atoms with E-state index < -0.39 is 0 Å². The SMILES string of the molecule is Cc1ccc(N(C)C(C)c2ccccc2F)c(C(=N)N)c1. The zero-order valence-corrected chi connectivity index (χ0v) is 12.5. The normalized spacial score (nSPS) is 12.0. The van der Waals surface area contributed by atoms with Crippen molar-refractivity contribution in [3.05, 3.63) is 65.0 Å². The zero-order valence-electron chi connectivity index (χ0n) is 12.5. The molecule has 0 radical (unpaired) electrons. The van der Waals surface area contributed by atoms with E-state index in [-0.39, 0.29) is 17.7 Å². The molecule has 1 atom stereocenters. The van der Waals surface area contributed by atoms with E-state index in [1.807, 2.05) is 50.1 Å². The van der Waals surface area contributed by atoms with Gasteiger partial charge in [0.15, 0.2) is 0 Å². The Morgan fingerprint density at radius 2 is 1.90 bits per heavy atom. The van der Waals surface area contributed by atoms with Crippen molar-refractivity contribution in [1.82, 2.24) is 0 Å². The summed E-state index contributed by atoms with van der Waals surface area (Å²) in [4.78, 5) is 1.94. The van der Waals surface area contributed by atoms with Crippen LogP contribution in [-0.2, 0) is 0 Å². The Labute approximate surface area is 124 Å². The summed E-state index contributed by atoms with van der Waals surface area (Å²) in [5.74, 6) is -0.213. The number of nitrogens with zero attached hydrogens (tertiary/aromatic N) is 1. The summed E-state index contributed by atoms with van der Waals surface area (Å²) in [6.07, 6.45) is 0. The van der Waals surface area contributed by atoms with Gasteiger partial charge in [-0.25, -0.2) is 4.39 Å². The quantitative estimate of drug-likeness (QED) is 0.666. The minimum atomic E-state index is -0.228. The third-order valence-corrected chi connectivity index (χ3v) is 3.76. The topological polar surface area (TPSA) is 53.1 Å². The summed E-state index contributed by atoms with van der Waals surface area (Å²) < 4.78 is 13.9. The standard InChI is InChI=1S/C17H20FN3/c1-11-8-9-16(14(10-11)17(19)20)21(3)12(2)13-6-4-5-7-15(13)18/h4-10,12H,1-3H3,(H3,19,20). The Hall–Kier alpha value is -2.36. The molecule has 0 aliphatic heterocycles. The molecule has 0 spiro atoms. The fourth-order valence-electron chi connectivity index (χ4n) is 2.40. The predicted molar refractivity (Wildman–Crippen MR) is 85.4 cm³/mol. The lowest BCUT2D eigenvalue weighted by Gasteiger charge is -2.29. The highest BCUT2D eigenvalue weighted by molar-refractivity contribution is 6.00. The Bertz CT molecular complexity index is 667. The summed E-state index contributed by atoms with van der Waals surface area (Å²) in [5.41, 5.74) is 8.82. The molecule has 4 heteroatoms. The third-order valence-electron chi connectivity index (χ3n) is 3.76. The molecule has 0 aliphatic carbocycles. The second kappa shape index (κ2) is 5.95. The first-order chi connectivity index (χ1) is 9.91. The van der Waals surface area contributed by atoms with Crippen molar-refractivity contribution in [3.63, 3.8) is 0 Å². The summed E-state index contributed by atoms with van der Waals surface area (Å²) in [6, 6.07) is 12.3. The summed E-state index contributed by atoms with van der Waals surface area (Å²) >= 11 is 0. The van der Waals surface area contributed by atoms with Gasteiger partial charge < -0.3 is 10.6 Å². The minimum Gasteiger partial charge on any atom is -0.384 e. The number of anilines is 1. The Morgan fingerprint density at radius 3 is 2.52 bits per heavy atom. The maximum absolute atomic E-state index is 13.9. The molecule has 3 N–H and O–H groups in total. The number of benzene rings is 2. The van der Waals surface area contributed by atoms with E-state index in [1.165, 1.54) is 6.07 Å². The third kappa shape index (κ3) is 3.05. The van der Waals surface area contributed by atoms with Gasteiger partial charge >= 0.3 is 0 Å². The van der Waals surface area contributed by atoms with Crippen LogP contribution >= 0.6 is 0 Å². The molecule has 21 heavy (non-hydrogen) atoms. The van der Waals surface area contributed by atoms with Gasteiger partial charge in [0.05, 0.1) is 6.04 Å². The van der Waals surface area contributed by atoms with Crippen LogP contribution in [0, 0.1) is 18.2 Å². The molecule has 3 nitrogen and oxygen atoms in total. The van der Waals surface area contributed by atoms with Crippen molar-refractivity contribution in [2.75, 3.05) is 11.9 Å². The lowest BCUT2D eigenvalue weighted by atomic mass is 10.0. The van der Waals surface area contributed by atoms with Crippen LogP contribution in [0.25, 0.3) is 0 Å². The average Bonchev–Trinajstić information content (AvgIpc) is 2.46. The number of nitrogens with two attached hydrogens (primary N) is 1. The molecule has 0 aliphatic rings.